The summed E-state index contributed by atoms with van der Waals surface area (Å²) >= 11 is 1.25. The van der Waals surface area contributed by atoms with Gasteiger partial charge in [0.25, 0.3) is 5.91 Å². The number of carbonyl (C=O) groups is 3. The van der Waals surface area contributed by atoms with E-state index >= 15 is 0 Å². The molecule has 0 aromatic carbocycles. The summed E-state index contributed by atoms with van der Waals surface area (Å²) in [6, 6.07) is 5.15. The van der Waals surface area contributed by atoms with E-state index in [0.717, 1.165) is 24.0 Å². The van der Waals surface area contributed by atoms with E-state index in [1.807, 2.05) is 13.8 Å². The Labute approximate surface area is 178 Å². The van der Waals surface area contributed by atoms with Crippen LogP contribution in [0.4, 0.5) is 5.00 Å². The lowest BCUT2D eigenvalue weighted by Gasteiger charge is -2.26. The van der Waals surface area contributed by atoms with Gasteiger partial charge in [0.2, 0.25) is 5.91 Å². The minimum absolute atomic E-state index is 0.0442. The Kier molecular flexibility index (Phi) is 5.51. The third kappa shape index (κ3) is 3.56. The van der Waals surface area contributed by atoms with Crippen molar-refractivity contribution in [1.82, 2.24) is 5.32 Å². The van der Waals surface area contributed by atoms with E-state index in [1.165, 1.54) is 17.6 Å². The zero-order valence-corrected chi connectivity index (χ0v) is 17.6. The van der Waals surface area contributed by atoms with Crippen molar-refractivity contribution in [1.29, 1.82) is 0 Å². The maximum absolute atomic E-state index is 13.2. The summed E-state index contributed by atoms with van der Waals surface area (Å²) in [7, 11) is 0. The number of carbonyl (C=O) groups excluding carboxylic acids is 2. The van der Waals surface area contributed by atoms with Gasteiger partial charge in [-0.05, 0) is 62.1 Å². The van der Waals surface area contributed by atoms with E-state index in [4.69, 9.17) is 4.42 Å². The molecule has 2 aromatic heterocycles. The van der Waals surface area contributed by atoms with Crippen LogP contribution in [-0.4, -0.2) is 22.9 Å². The number of rotatable bonds is 6. The van der Waals surface area contributed by atoms with Crippen molar-refractivity contribution in [2.75, 3.05) is 5.32 Å². The van der Waals surface area contributed by atoms with Crippen LogP contribution in [0.5, 0.6) is 0 Å². The fourth-order valence-electron chi connectivity index (χ4n) is 5.06. The lowest BCUT2D eigenvalue weighted by atomic mass is 9.79. The first kappa shape index (κ1) is 20.4. The Bertz CT molecular complexity index is 1000. The van der Waals surface area contributed by atoms with E-state index < -0.39 is 17.8 Å². The molecule has 7 nitrogen and oxygen atoms in total. The summed E-state index contributed by atoms with van der Waals surface area (Å²) in [5.41, 5.74) is 2.60. The second-order valence-electron chi connectivity index (χ2n) is 8.05. The Morgan fingerprint density at radius 1 is 1.17 bits per heavy atom. The molecule has 158 valence electrons. The molecule has 2 bridgehead atoms. The molecule has 0 saturated heterocycles. The smallest absolute Gasteiger partial charge is 0.307 e. The molecule has 2 aliphatic carbocycles. The first-order valence-corrected chi connectivity index (χ1v) is 10.9. The number of hydrogen-bond donors (Lipinski definition) is 3. The van der Waals surface area contributed by atoms with E-state index in [2.05, 4.69) is 10.6 Å². The van der Waals surface area contributed by atoms with Gasteiger partial charge in [-0.2, -0.15) is 0 Å². The number of carboxylic acids is 1. The summed E-state index contributed by atoms with van der Waals surface area (Å²) in [4.78, 5) is 37.7. The van der Waals surface area contributed by atoms with Gasteiger partial charge in [-0.15, -0.1) is 11.3 Å². The largest absolute Gasteiger partial charge is 0.481 e. The average molecular weight is 429 g/mol. The number of nitrogens with one attached hydrogen (secondary N) is 2. The summed E-state index contributed by atoms with van der Waals surface area (Å²) in [6.07, 6.45) is 3.17. The highest BCUT2D eigenvalue weighted by atomic mass is 32.1. The maximum atomic E-state index is 13.2. The van der Waals surface area contributed by atoms with Gasteiger partial charge in [-0.3, -0.25) is 14.4 Å². The molecule has 30 heavy (non-hydrogen) atoms. The van der Waals surface area contributed by atoms with Gasteiger partial charge in [-0.25, -0.2) is 0 Å². The van der Waals surface area contributed by atoms with Crippen LogP contribution in [0.15, 0.2) is 45.4 Å². The normalized spacial score (nSPS) is 24.7. The maximum Gasteiger partial charge on any atom is 0.307 e. The first-order chi connectivity index (χ1) is 14.4. The molecule has 2 aromatic rings. The Morgan fingerprint density at radius 2 is 1.90 bits per heavy atom. The summed E-state index contributed by atoms with van der Waals surface area (Å²) in [5.74, 6) is -2.40. The molecule has 0 aliphatic heterocycles. The average Bonchev–Trinajstić information content (AvgIpc) is 3.48. The lowest BCUT2D eigenvalue weighted by molar-refractivity contribution is -0.148. The van der Waals surface area contributed by atoms with Gasteiger partial charge in [0.05, 0.1) is 30.2 Å². The molecule has 2 fully saturated rings. The molecule has 4 atom stereocenters. The van der Waals surface area contributed by atoms with Gasteiger partial charge in [-0.1, -0.05) is 11.1 Å². The number of aliphatic carboxylic acids is 1. The standard InChI is InChI=1S/C22H24N2O5S/c1-11(2)16-13-5-6-14(16)18(22(27)28)17(13)20(26)24-21-15(7-9-30-21)19(25)23-10-12-4-3-8-29-12/h3-4,7-9,13-14,17-18H,5-6,10H2,1-2H3,(H,23,25)(H,24,26)(H,27,28)/t13-,14-,17+,18-/m1/s1. The van der Waals surface area contributed by atoms with Crippen LogP contribution in [0.3, 0.4) is 0 Å². The Hall–Kier alpha value is -2.87. The van der Waals surface area contributed by atoms with E-state index in [0.29, 0.717) is 16.3 Å². The number of hydrogen-bond acceptors (Lipinski definition) is 5. The minimum Gasteiger partial charge on any atom is -0.481 e. The van der Waals surface area contributed by atoms with Crippen LogP contribution in [0, 0.1) is 23.7 Å². The number of fused-ring (bicyclic) bond motifs is 2. The molecule has 0 radical (unpaired) electrons. The number of anilines is 1. The zero-order valence-electron chi connectivity index (χ0n) is 16.8. The molecular formula is C22H24N2O5S. The third-order valence-electron chi connectivity index (χ3n) is 6.16. The highest BCUT2D eigenvalue weighted by Crippen LogP contribution is 2.57. The van der Waals surface area contributed by atoms with Crippen molar-refractivity contribution in [3.63, 3.8) is 0 Å². The quantitative estimate of drug-likeness (QED) is 0.605. The molecule has 8 heteroatoms. The molecule has 2 aliphatic rings. The van der Waals surface area contributed by atoms with Crippen molar-refractivity contribution in [3.05, 3.63) is 52.3 Å². The highest BCUT2D eigenvalue weighted by molar-refractivity contribution is 7.14. The van der Waals surface area contributed by atoms with Crippen LogP contribution in [0.1, 0.15) is 42.8 Å². The number of furan rings is 1. The van der Waals surface area contributed by atoms with Crippen LogP contribution in [0.25, 0.3) is 0 Å². The molecular weight excluding hydrogens is 404 g/mol. The monoisotopic (exact) mass is 428 g/mol. The number of thiophene rings is 1. The number of amides is 2. The fraction of sp³-hybridized carbons (Fsp3) is 0.409. The van der Waals surface area contributed by atoms with Gasteiger partial charge < -0.3 is 20.2 Å². The van der Waals surface area contributed by atoms with Crippen LogP contribution < -0.4 is 10.6 Å². The zero-order chi connectivity index (χ0) is 21.4. The SMILES string of the molecule is CC(C)=C1[C@H]2CC[C@H]1[C@@H](C(=O)O)[C@H]2C(=O)Nc1sccc1C(=O)NCc1ccco1. The van der Waals surface area contributed by atoms with E-state index in [1.54, 1.807) is 23.6 Å². The van der Waals surface area contributed by atoms with Crippen LogP contribution in [-0.2, 0) is 16.1 Å². The third-order valence-corrected chi connectivity index (χ3v) is 6.99. The lowest BCUT2D eigenvalue weighted by Crippen LogP contribution is -2.38. The van der Waals surface area contributed by atoms with Crippen molar-refractivity contribution >= 4 is 34.1 Å². The number of carboxylic acid groups (broad SMARTS) is 1. The van der Waals surface area contributed by atoms with Crippen molar-refractivity contribution < 1.29 is 23.9 Å². The van der Waals surface area contributed by atoms with Gasteiger partial charge >= 0.3 is 5.97 Å². The molecule has 4 rings (SSSR count). The van der Waals surface area contributed by atoms with E-state index in [-0.39, 0.29) is 30.2 Å². The van der Waals surface area contributed by atoms with Crippen LogP contribution in [0.2, 0.25) is 0 Å². The summed E-state index contributed by atoms with van der Waals surface area (Å²) < 4.78 is 5.21. The molecule has 2 heterocycles. The minimum atomic E-state index is -0.927. The molecule has 2 saturated carbocycles. The number of allylic oxidation sites excluding steroid dienone is 2. The predicted molar refractivity (Wildman–Crippen MR) is 112 cm³/mol. The second kappa shape index (κ2) is 8.10. The predicted octanol–water partition coefficient (Wildman–Crippen LogP) is 3.90. The van der Waals surface area contributed by atoms with Gasteiger partial charge in [0.1, 0.15) is 10.8 Å². The van der Waals surface area contributed by atoms with Gasteiger partial charge in [0, 0.05) is 0 Å². The second-order valence-corrected chi connectivity index (χ2v) is 8.97. The van der Waals surface area contributed by atoms with Crippen molar-refractivity contribution in [3.8, 4) is 0 Å². The van der Waals surface area contributed by atoms with Crippen molar-refractivity contribution in [2.24, 2.45) is 23.7 Å². The summed E-state index contributed by atoms with van der Waals surface area (Å²) in [6.45, 7) is 4.22. The van der Waals surface area contributed by atoms with Gasteiger partial charge in [0.15, 0.2) is 0 Å². The highest BCUT2D eigenvalue weighted by Gasteiger charge is 2.57. The summed E-state index contributed by atoms with van der Waals surface area (Å²) in [5, 5.41) is 17.6. The van der Waals surface area contributed by atoms with Crippen molar-refractivity contribution in [2.45, 2.75) is 33.2 Å². The Balaban J connectivity index is 1.51. The molecule has 0 unspecified atom stereocenters. The van der Waals surface area contributed by atoms with Crippen LogP contribution >= 0.6 is 11.3 Å². The molecule has 2 amide bonds. The molecule has 3 N–H and O–H groups in total. The molecule has 0 spiro atoms. The Morgan fingerprint density at radius 3 is 2.53 bits per heavy atom. The van der Waals surface area contributed by atoms with E-state index in [9.17, 15) is 19.5 Å². The first-order valence-electron chi connectivity index (χ1n) is 9.97. The fourth-order valence-corrected chi connectivity index (χ4v) is 5.85. The topological polar surface area (TPSA) is 109 Å².